The van der Waals surface area contributed by atoms with Gasteiger partial charge in [0.05, 0.1) is 6.61 Å². The van der Waals surface area contributed by atoms with Crippen molar-refractivity contribution in [2.45, 2.75) is 20.0 Å². The number of ether oxygens (including phenoxy) is 1. The van der Waals surface area contributed by atoms with Crippen LogP contribution in [-0.2, 0) is 22.6 Å². The van der Waals surface area contributed by atoms with Crippen LogP contribution in [0.2, 0.25) is 0 Å². The van der Waals surface area contributed by atoms with Crippen molar-refractivity contribution >= 4 is 11.7 Å². The second kappa shape index (κ2) is 3.75. The highest BCUT2D eigenvalue weighted by Gasteiger charge is 2.13. The van der Waals surface area contributed by atoms with Crippen LogP contribution in [0.5, 0.6) is 0 Å². The van der Waals surface area contributed by atoms with Gasteiger partial charge in [-0.3, -0.25) is 4.79 Å². The average Bonchev–Trinajstić information content (AvgIpc) is 2.37. The van der Waals surface area contributed by atoms with Crippen LogP contribution in [0.4, 0.5) is 5.82 Å². The molecule has 0 saturated carbocycles. The van der Waals surface area contributed by atoms with E-state index >= 15 is 0 Å². The molecule has 0 bridgehead atoms. The zero-order valence-electron chi connectivity index (χ0n) is 8.04. The molecule has 0 aliphatic carbocycles. The van der Waals surface area contributed by atoms with Crippen LogP contribution in [0, 0.1) is 0 Å². The van der Waals surface area contributed by atoms with E-state index in [1.807, 2.05) is 6.07 Å². The number of nitrogens with one attached hydrogen (secondary N) is 1. The van der Waals surface area contributed by atoms with Crippen LogP contribution in [-0.4, -0.2) is 17.5 Å². The maximum Gasteiger partial charge on any atom is 0.251 e. The third-order valence-electron chi connectivity index (χ3n) is 2.18. The first-order valence-corrected chi connectivity index (χ1v) is 4.65. The smallest absolute Gasteiger partial charge is 0.251 e. The van der Waals surface area contributed by atoms with Gasteiger partial charge < -0.3 is 10.1 Å². The molecule has 74 valence electrons. The Labute approximate surface area is 82.3 Å². The number of pyridine rings is 1. The van der Waals surface area contributed by atoms with Crippen molar-refractivity contribution in [2.24, 2.45) is 0 Å². The molecule has 0 radical (unpaired) electrons. The molecule has 0 fully saturated rings. The van der Waals surface area contributed by atoms with Crippen LogP contribution in [0.1, 0.15) is 18.1 Å². The highest BCUT2D eigenvalue weighted by molar-refractivity contribution is 5.91. The number of hydrogen-bond acceptors (Lipinski definition) is 3. The van der Waals surface area contributed by atoms with Gasteiger partial charge in [-0.1, -0.05) is 6.92 Å². The van der Waals surface area contributed by atoms with E-state index in [0.717, 1.165) is 17.5 Å². The van der Waals surface area contributed by atoms with E-state index < -0.39 is 0 Å². The van der Waals surface area contributed by atoms with E-state index in [-0.39, 0.29) is 12.5 Å². The molecule has 2 rings (SSSR count). The minimum absolute atomic E-state index is 0.109. The van der Waals surface area contributed by atoms with E-state index in [0.29, 0.717) is 12.4 Å². The number of anilines is 1. The van der Waals surface area contributed by atoms with Crippen LogP contribution in [0.15, 0.2) is 12.3 Å². The average molecular weight is 192 g/mol. The van der Waals surface area contributed by atoms with Gasteiger partial charge in [0.15, 0.2) is 0 Å². The molecule has 1 aliphatic heterocycles. The molecular weight excluding hydrogens is 180 g/mol. The molecule has 1 N–H and O–H groups in total. The SMILES string of the molecule is CCc1cnc2c(c1)COCC(=O)N2. The normalized spacial score (nSPS) is 15.6. The summed E-state index contributed by atoms with van der Waals surface area (Å²) in [7, 11) is 0. The molecule has 0 spiro atoms. The highest BCUT2D eigenvalue weighted by atomic mass is 16.5. The molecule has 1 amide bonds. The Morgan fingerprint density at radius 2 is 2.43 bits per heavy atom. The van der Waals surface area contributed by atoms with E-state index in [1.54, 1.807) is 6.20 Å². The lowest BCUT2D eigenvalue weighted by atomic mass is 10.1. The monoisotopic (exact) mass is 192 g/mol. The maximum atomic E-state index is 11.1. The first-order valence-electron chi connectivity index (χ1n) is 4.65. The van der Waals surface area contributed by atoms with Gasteiger partial charge in [-0.25, -0.2) is 4.98 Å². The Morgan fingerprint density at radius 3 is 3.21 bits per heavy atom. The zero-order valence-corrected chi connectivity index (χ0v) is 8.04. The van der Waals surface area contributed by atoms with Crippen molar-refractivity contribution in [3.05, 3.63) is 23.4 Å². The fraction of sp³-hybridized carbons (Fsp3) is 0.400. The topological polar surface area (TPSA) is 51.2 Å². The first kappa shape index (κ1) is 9.15. The van der Waals surface area contributed by atoms with Crippen LogP contribution >= 0.6 is 0 Å². The van der Waals surface area contributed by atoms with Crippen LogP contribution in [0.3, 0.4) is 0 Å². The molecule has 1 aliphatic rings. The van der Waals surface area contributed by atoms with Crippen molar-refractivity contribution in [1.82, 2.24) is 4.98 Å². The Balaban J connectivity index is 2.35. The van der Waals surface area contributed by atoms with Gasteiger partial charge >= 0.3 is 0 Å². The molecule has 0 aromatic carbocycles. The number of fused-ring (bicyclic) bond motifs is 1. The number of amides is 1. The lowest BCUT2D eigenvalue weighted by Crippen LogP contribution is -2.15. The standard InChI is InChI=1S/C10H12N2O2/c1-2-7-3-8-5-14-6-9(13)12-10(8)11-4-7/h3-4H,2,5-6H2,1H3,(H,11,12,13). The van der Waals surface area contributed by atoms with Crippen molar-refractivity contribution in [1.29, 1.82) is 0 Å². The van der Waals surface area contributed by atoms with Gasteiger partial charge in [-0.15, -0.1) is 0 Å². The van der Waals surface area contributed by atoms with Gasteiger partial charge in [0.25, 0.3) is 5.91 Å². The van der Waals surface area contributed by atoms with Gasteiger partial charge in [0.1, 0.15) is 12.4 Å². The fourth-order valence-electron chi connectivity index (χ4n) is 1.40. The second-order valence-electron chi connectivity index (χ2n) is 3.25. The van der Waals surface area contributed by atoms with E-state index in [2.05, 4.69) is 17.2 Å². The van der Waals surface area contributed by atoms with Crippen LogP contribution < -0.4 is 5.32 Å². The quantitative estimate of drug-likeness (QED) is 0.725. The van der Waals surface area contributed by atoms with Crippen molar-refractivity contribution in [3.8, 4) is 0 Å². The van der Waals surface area contributed by atoms with Crippen LogP contribution in [0.25, 0.3) is 0 Å². The number of nitrogens with zero attached hydrogens (tertiary/aromatic N) is 1. The molecular formula is C10H12N2O2. The Bertz CT molecular complexity index is 363. The first-order chi connectivity index (χ1) is 6.79. The second-order valence-corrected chi connectivity index (χ2v) is 3.25. The lowest BCUT2D eigenvalue weighted by molar-refractivity contribution is -0.120. The Morgan fingerprint density at radius 1 is 1.57 bits per heavy atom. The minimum atomic E-state index is -0.138. The molecule has 4 heteroatoms. The minimum Gasteiger partial charge on any atom is -0.367 e. The molecule has 1 aromatic rings. The van der Waals surface area contributed by atoms with Crippen molar-refractivity contribution in [2.75, 3.05) is 11.9 Å². The third kappa shape index (κ3) is 1.75. The molecule has 0 atom stereocenters. The lowest BCUT2D eigenvalue weighted by Gasteiger charge is -2.05. The fourth-order valence-corrected chi connectivity index (χ4v) is 1.40. The Kier molecular flexibility index (Phi) is 2.45. The van der Waals surface area contributed by atoms with Crippen molar-refractivity contribution in [3.63, 3.8) is 0 Å². The number of rotatable bonds is 1. The highest BCUT2D eigenvalue weighted by Crippen LogP contribution is 2.17. The van der Waals surface area contributed by atoms with E-state index in [9.17, 15) is 4.79 Å². The van der Waals surface area contributed by atoms with Gasteiger partial charge in [-0.05, 0) is 18.1 Å². The summed E-state index contributed by atoms with van der Waals surface area (Å²) in [6.45, 7) is 2.63. The number of hydrogen-bond donors (Lipinski definition) is 1. The molecule has 2 heterocycles. The molecule has 0 saturated heterocycles. The number of carbonyl (C=O) groups excluding carboxylic acids is 1. The maximum absolute atomic E-state index is 11.1. The summed E-state index contributed by atoms with van der Waals surface area (Å²) in [6.07, 6.45) is 2.72. The molecule has 0 unspecified atom stereocenters. The molecule has 4 nitrogen and oxygen atoms in total. The zero-order chi connectivity index (χ0) is 9.97. The summed E-state index contributed by atoms with van der Waals surface area (Å²) in [5.41, 5.74) is 2.11. The number of aryl methyl sites for hydroxylation is 1. The van der Waals surface area contributed by atoms with Crippen molar-refractivity contribution < 1.29 is 9.53 Å². The molecule has 14 heavy (non-hydrogen) atoms. The summed E-state index contributed by atoms with van der Waals surface area (Å²) >= 11 is 0. The molecule has 1 aromatic heterocycles. The van der Waals surface area contributed by atoms with E-state index in [1.165, 1.54) is 0 Å². The summed E-state index contributed by atoms with van der Waals surface area (Å²) < 4.78 is 5.18. The predicted molar refractivity (Wildman–Crippen MR) is 51.9 cm³/mol. The van der Waals surface area contributed by atoms with Gasteiger partial charge in [0.2, 0.25) is 0 Å². The Hall–Kier alpha value is -1.42. The van der Waals surface area contributed by atoms with E-state index in [4.69, 9.17) is 4.74 Å². The largest absolute Gasteiger partial charge is 0.367 e. The number of carbonyl (C=O) groups is 1. The summed E-state index contributed by atoms with van der Waals surface area (Å²) in [4.78, 5) is 15.3. The predicted octanol–water partition coefficient (Wildman–Crippen LogP) is 1.11. The summed E-state index contributed by atoms with van der Waals surface area (Å²) in [6, 6.07) is 2.02. The van der Waals surface area contributed by atoms with Gasteiger partial charge in [0, 0.05) is 11.8 Å². The number of aromatic nitrogens is 1. The third-order valence-corrected chi connectivity index (χ3v) is 2.18. The summed E-state index contributed by atoms with van der Waals surface area (Å²) in [5.74, 6) is 0.491. The summed E-state index contributed by atoms with van der Waals surface area (Å²) in [5, 5.41) is 2.70. The van der Waals surface area contributed by atoms with Gasteiger partial charge in [-0.2, -0.15) is 0 Å².